The van der Waals surface area contributed by atoms with Crippen molar-refractivity contribution in [2.45, 2.75) is 71.3 Å². The lowest BCUT2D eigenvalue weighted by atomic mass is 9.77. The molecule has 0 heterocycles. The van der Waals surface area contributed by atoms with E-state index in [0.717, 1.165) is 35.6 Å². The van der Waals surface area contributed by atoms with E-state index in [0.29, 0.717) is 0 Å². The van der Waals surface area contributed by atoms with Gasteiger partial charge in [-0.25, -0.2) is 0 Å². The van der Waals surface area contributed by atoms with Crippen molar-refractivity contribution in [2.24, 2.45) is 29.6 Å². The Morgan fingerprint density at radius 3 is 2.50 bits per heavy atom. The van der Waals surface area contributed by atoms with E-state index in [1.54, 1.807) is 25.7 Å². The van der Waals surface area contributed by atoms with Crippen LogP contribution in [-0.4, -0.2) is 12.6 Å². The molecule has 3 aliphatic carbocycles. The lowest BCUT2D eigenvalue weighted by Gasteiger charge is -2.35. The molecule has 3 fully saturated rings. The summed E-state index contributed by atoms with van der Waals surface area (Å²) in [6.07, 6.45) is 12.0. The van der Waals surface area contributed by atoms with E-state index < -0.39 is 0 Å². The van der Waals surface area contributed by atoms with Gasteiger partial charge in [-0.3, -0.25) is 0 Å². The van der Waals surface area contributed by atoms with E-state index in [4.69, 9.17) is 0 Å². The predicted octanol–water partition coefficient (Wildman–Crippen LogP) is 4.23. The summed E-state index contributed by atoms with van der Waals surface area (Å²) in [7, 11) is 0. The van der Waals surface area contributed by atoms with Gasteiger partial charge < -0.3 is 5.32 Å². The van der Waals surface area contributed by atoms with E-state index in [1.807, 2.05) is 0 Å². The van der Waals surface area contributed by atoms with Crippen LogP contribution in [0.1, 0.15) is 65.2 Å². The Kier molecular flexibility index (Phi) is 3.98. The monoisotopic (exact) mass is 249 g/mol. The summed E-state index contributed by atoms with van der Waals surface area (Å²) in [5.41, 5.74) is 0. The molecule has 1 N–H and O–H groups in total. The highest BCUT2D eigenvalue weighted by molar-refractivity contribution is 4.98. The summed E-state index contributed by atoms with van der Waals surface area (Å²) in [5, 5.41) is 3.96. The lowest BCUT2D eigenvalue weighted by molar-refractivity contribution is 0.189. The predicted molar refractivity (Wildman–Crippen MR) is 77.5 cm³/mol. The fourth-order valence-electron chi connectivity index (χ4n) is 5.29. The number of rotatable bonds is 5. The highest BCUT2D eigenvalue weighted by atomic mass is 14.9. The average molecular weight is 249 g/mol. The quantitative estimate of drug-likeness (QED) is 0.769. The zero-order valence-electron chi connectivity index (χ0n) is 12.3. The second-order valence-corrected chi connectivity index (χ2v) is 7.50. The van der Waals surface area contributed by atoms with Gasteiger partial charge in [-0.05, 0) is 74.7 Å². The van der Waals surface area contributed by atoms with Crippen LogP contribution in [0.3, 0.4) is 0 Å². The average Bonchev–Trinajstić information content (AvgIpc) is 3.06. The second-order valence-electron chi connectivity index (χ2n) is 7.50. The van der Waals surface area contributed by atoms with Crippen molar-refractivity contribution in [1.29, 1.82) is 0 Å². The van der Waals surface area contributed by atoms with E-state index in [2.05, 4.69) is 19.2 Å². The van der Waals surface area contributed by atoms with E-state index in [1.165, 1.54) is 32.2 Å². The van der Waals surface area contributed by atoms with E-state index in [9.17, 15) is 0 Å². The third-order valence-corrected chi connectivity index (χ3v) is 6.13. The van der Waals surface area contributed by atoms with Gasteiger partial charge in [-0.1, -0.05) is 26.7 Å². The van der Waals surface area contributed by atoms with Crippen molar-refractivity contribution in [2.75, 3.05) is 6.54 Å². The fourth-order valence-corrected chi connectivity index (χ4v) is 5.29. The standard InChI is InChI=1S/C17H31N/c1-3-8-18-17(15-6-4-12(2)9-15)16-11-13-5-7-14(16)10-13/h12-18H,3-11H2,1-2H3. The number of hydrogen-bond acceptors (Lipinski definition) is 1. The molecule has 3 rings (SSSR count). The maximum atomic E-state index is 3.96. The molecule has 0 aromatic heterocycles. The molecule has 0 saturated heterocycles. The zero-order chi connectivity index (χ0) is 12.5. The van der Waals surface area contributed by atoms with Gasteiger partial charge in [0.1, 0.15) is 0 Å². The third-order valence-electron chi connectivity index (χ3n) is 6.13. The van der Waals surface area contributed by atoms with Crippen LogP contribution in [0.5, 0.6) is 0 Å². The number of fused-ring (bicyclic) bond motifs is 2. The molecule has 6 atom stereocenters. The first-order valence-electron chi connectivity index (χ1n) is 8.51. The van der Waals surface area contributed by atoms with Crippen LogP contribution in [-0.2, 0) is 0 Å². The number of hydrogen-bond donors (Lipinski definition) is 1. The molecule has 0 aliphatic heterocycles. The van der Waals surface area contributed by atoms with Crippen molar-refractivity contribution < 1.29 is 0 Å². The summed E-state index contributed by atoms with van der Waals surface area (Å²) in [6, 6.07) is 0.866. The van der Waals surface area contributed by atoms with E-state index in [-0.39, 0.29) is 0 Å². The van der Waals surface area contributed by atoms with Crippen molar-refractivity contribution in [3.05, 3.63) is 0 Å². The molecule has 0 amide bonds. The molecule has 3 saturated carbocycles. The van der Waals surface area contributed by atoms with Crippen molar-refractivity contribution in [3.63, 3.8) is 0 Å². The Hall–Kier alpha value is -0.0400. The Labute approximate surface area is 113 Å². The van der Waals surface area contributed by atoms with Gasteiger partial charge in [-0.15, -0.1) is 0 Å². The third kappa shape index (κ3) is 2.48. The maximum Gasteiger partial charge on any atom is 0.0126 e. The molecule has 0 radical (unpaired) electrons. The Morgan fingerprint density at radius 2 is 1.94 bits per heavy atom. The maximum absolute atomic E-state index is 3.96. The van der Waals surface area contributed by atoms with Crippen LogP contribution in [0.25, 0.3) is 0 Å². The topological polar surface area (TPSA) is 12.0 Å². The highest BCUT2D eigenvalue weighted by Crippen LogP contribution is 2.52. The van der Waals surface area contributed by atoms with Crippen LogP contribution < -0.4 is 5.32 Å². The first-order valence-corrected chi connectivity index (χ1v) is 8.51. The zero-order valence-corrected chi connectivity index (χ0v) is 12.3. The van der Waals surface area contributed by atoms with Gasteiger partial charge in [0, 0.05) is 6.04 Å². The Bertz CT molecular complexity index is 275. The first kappa shape index (κ1) is 13.0. The smallest absolute Gasteiger partial charge is 0.0126 e. The van der Waals surface area contributed by atoms with Crippen LogP contribution in [0, 0.1) is 29.6 Å². The van der Waals surface area contributed by atoms with Crippen molar-refractivity contribution >= 4 is 0 Å². The normalized spacial score (nSPS) is 44.7. The SMILES string of the molecule is CCCNC(C1CCC(C)C1)C1CC2CCC1C2. The molecule has 1 heteroatoms. The molecule has 104 valence electrons. The van der Waals surface area contributed by atoms with Gasteiger partial charge in [-0.2, -0.15) is 0 Å². The Morgan fingerprint density at radius 1 is 1.06 bits per heavy atom. The van der Waals surface area contributed by atoms with Gasteiger partial charge >= 0.3 is 0 Å². The van der Waals surface area contributed by atoms with Crippen LogP contribution in [0.2, 0.25) is 0 Å². The lowest BCUT2D eigenvalue weighted by Crippen LogP contribution is -2.44. The molecular formula is C17H31N. The van der Waals surface area contributed by atoms with Crippen molar-refractivity contribution in [1.82, 2.24) is 5.32 Å². The van der Waals surface area contributed by atoms with Gasteiger partial charge in [0.25, 0.3) is 0 Å². The molecular weight excluding hydrogens is 218 g/mol. The van der Waals surface area contributed by atoms with Gasteiger partial charge in [0.15, 0.2) is 0 Å². The van der Waals surface area contributed by atoms with Crippen molar-refractivity contribution in [3.8, 4) is 0 Å². The fraction of sp³-hybridized carbons (Fsp3) is 1.00. The molecule has 6 unspecified atom stereocenters. The molecule has 2 bridgehead atoms. The minimum absolute atomic E-state index is 0.866. The molecule has 0 aromatic carbocycles. The number of nitrogens with one attached hydrogen (secondary N) is 1. The minimum Gasteiger partial charge on any atom is -0.313 e. The van der Waals surface area contributed by atoms with Gasteiger partial charge in [0.05, 0.1) is 0 Å². The largest absolute Gasteiger partial charge is 0.313 e. The minimum atomic E-state index is 0.866. The molecule has 1 nitrogen and oxygen atoms in total. The molecule has 18 heavy (non-hydrogen) atoms. The summed E-state index contributed by atoms with van der Waals surface area (Å²) < 4.78 is 0. The van der Waals surface area contributed by atoms with Crippen LogP contribution in [0.15, 0.2) is 0 Å². The van der Waals surface area contributed by atoms with E-state index >= 15 is 0 Å². The summed E-state index contributed by atoms with van der Waals surface area (Å²) in [6.45, 7) is 6.00. The highest BCUT2D eigenvalue weighted by Gasteiger charge is 2.45. The molecule has 0 aromatic rings. The van der Waals surface area contributed by atoms with Gasteiger partial charge in [0.2, 0.25) is 0 Å². The first-order chi connectivity index (χ1) is 8.78. The molecule has 3 aliphatic rings. The molecule has 0 spiro atoms. The summed E-state index contributed by atoms with van der Waals surface area (Å²) in [4.78, 5) is 0. The van der Waals surface area contributed by atoms with Crippen LogP contribution in [0.4, 0.5) is 0 Å². The summed E-state index contributed by atoms with van der Waals surface area (Å²) in [5.74, 6) is 5.20. The van der Waals surface area contributed by atoms with Crippen LogP contribution >= 0.6 is 0 Å². The second kappa shape index (κ2) is 5.53. The summed E-state index contributed by atoms with van der Waals surface area (Å²) >= 11 is 0. The Balaban J connectivity index is 1.65.